The van der Waals surface area contributed by atoms with E-state index in [0.29, 0.717) is 26.4 Å². The number of carbonyl (C=O) groups is 1. The highest BCUT2D eigenvalue weighted by Gasteiger charge is 2.20. The van der Waals surface area contributed by atoms with Crippen LogP contribution in [0.15, 0.2) is 35.4 Å². The third kappa shape index (κ3) is 2.77. The highest BCUT2D eigenvalue weighted by atomic mass is 32.1. The van der Waals surface area contributed by atoms with Crippen molar-refractivity contribution in [1.82, 2.24) is 9.55 Å². The average Bonchev–Trinajstić information content (AvgIpc) is 2.89. The zero-order valence-electron chi connectivity index (χ0n) is 13.1. The maximum atomic E-state index is 12.4. The van der Waals surface area contributed by atoms with Gasteiger partial charge in [0.05, 0.1) is 11.7 Å². The molecule has 0 aliphatic carbocycles. The Labute approximate surface area is 137 Å². The molecule has 0 fully saturated rings. The molecule has 0 saturated heterocycles. The third-order valence-corrected chi connectivity index (χ3v) is 4.92. The van der Waals surface area contributed by atoms with Gasteiger partial charge in [-0.3, -0.25) is 4.79 Å². The molecule has 23 heavy (non-hydrogen) atoms. The number of aromatic nitrogens is 2. The van der Waals surface area contributed by atoms with Gasteiger partial charge in [-0.1, -0.05) is 19.1 Å². The molecule has 2 heterocycles. The summed E-state index contributed by atoms with van der Waals surface area (Å²) in [5, 5.41) is 0.480. The fraction of sp³-hybridized carbons (Fsp3) is 0.235. The van der Waals surface area contributed by atoms with Crippen molar-refractivity contribution in [2.45, 2.75) is 20.3 Å². The van der Waals surface area contributed by atoms with Gasteiger partial charge in [0.2, 0.25) is 0 Å². The van der Waals surface area contributed by atoms with E-state index in [-0.39, 0.29) is 5.56 Å². The van der Waals surface area contributed by atoms with Crippen LogP contribution in [0.3, 0.4) is 0 Å². The lowest BCUT2D eigenvalue weighted by molar-refractivity contribution is 0.0739. The maximum absolute atomic E-state index is 12.4. The predicted molar refractivity (Wildman–Crippen MR) is 90.4 cm³/mol. The van der Waals surface area contributed by atoms with Gasteiger partial charge in [0.1, 0.15) is 15.5 Å². The van der Waals surface area contributed by atoms with Crippen molar-refractivity contribution in [3.8, 4) is 5.75 Å². The highest BCUT2D eigenvalue weighted by Crippen LogP contribution is 2.28. The lowest BCUT2D eigenvalue weighted by Gasteiger charge is -2.04. The molecule has 0 bridgehead atoms. The predicted octanol–water partition coefficient (Wildman–Crippen LogP) is 3.09. The van der Waals surface area contributed by atoms with Gasteiger partial charge in [-0.25, -0.2) is 9.78 Å². The number of carbonyl (C=O) groups excluding carboxylic acids is 1. The number of hydrogen-bond acceptors (Lipinski definition) is 5. The number of benzene rings is 1. The SMILES string of the molecule is CCc1ccc(OC(=O)c2sc3ncn(C)c(=O)c3c2C)cc1. The molecule has 0 unspecified atom stereocenters. The van der Waals surface area contributed by atoms with Crippen LogP contribution >= 0.6 is 11.3 Å². The molecule has 0 N–H and O–H groups in total. The van der Waals surface area contributed by atoms with Crippen molar-refractivity contribution in [1.29, 1.82) is 0 Å². The summed E-state index contributed by atoms with van der Waals surface area (Å²) in [5.74, 6) is 0.0294. The van der Waals surface area contributed by atoms with Gasteiger partial charge in [-0.05, 0) is 36.6 Å². The minimum Gasteiger partial charge on any atom is -0.422 e. The van der Waals surface area contributed by atoms with Crippen LogP contribution in [-0.4, -0.2) is 15.5 Å². The van der Waals surface area contributed by atoms with Gasteiger partial charge in [0, 0.05) is 7.05 Å². The Kier molecular flexibility index (Phi) is 4.00. The van der Waals surface area contributed by atoms with E-state index in [0.717, 1.165) is 6.42 Å². The molecule has 5 nitrogen and oxygen atoms in total. The third-order valence-electron chi connectivity index (χ3n) is 3.74. The van der Waals surface area contributed by atoms with Crippen LogP contribution < -0.4 is 10.3 Å². The number of hydrogen-bond donors (Lipinski definition) is 0. The van der Waals surface area contributed by atoms with Crippen molar-refractivity contribution in [3.63, 3.8) is 0 Å². The Balaban J connectivity index is 1.96. The first-order valence-corrected chi connectivity index (χ1v) is 8.08. The summed E-state index contributed by atoms with van der Waals surface area (Å²) in [6.45, 7) is 3.81. The van der Waals surface area contributed by atoms with Crippen LogP contribution in [0, 0.1) is 6.92 Å². The summed E-state index contributed by atoms with van der Waals surface area (Å²) in [5.41, 5.74) is 1.64. The van der Waals surface area contributed by atoms with Crippen molar-refractivity contribution in [2.24, 2.45) is 7.05 Å². The Morgan fingerprint density at radius 1 is 1.30 bits per heavy atom. The Bertz CT molecular complexity index is 939. The minimum atomic E-state index is -0.461. The molecule has 1 aromatic carbocycles. The first-order chi connectivity index (χ1) is 11.0. The second-order valence-corrected chi connectivity index (χ2v) is 6.28. The second kappa shape index (κ2) is 5.96. The maximum Gasteiger partial charge on any atom is 0.354 e. The van der Waals surface area contributed by atoms with E-state index < -0.39 is 5.97 Å². The van der Waals surface area contributed by atoms with E-state index in [9.17, 15) is 9.59 Å². The van der Waals surface area contributed by atoms with Gasteiger partial charge in [0.25, 0.3) is 5.56 Å². The monoisotopic (exact) mass is 328 g/mol. The molecule has 3 aromatic rings. The van der Waals surface area contributed by atoms with Gasteiger partial charge in [-0.15, -0.1) is 11.3 Å². The molecule has 6 heteroatoms. The molecule has 0 saturated carbocycles. The summed E-state index contributed by atoms with van der Waals surface area (Å²) in [7, 11) is 1.64. The minimum absolute atomic E-state index is 0.157. The van der Waals surface area contributed by atoms with Crippen LogP contribution in [0.5, 0.6) is 5.75 Å². The molecular formula is C17H16N2O3S. The zero-order valence-corrected chi connectivity index (χ0v) is 13.9. The first kappa shape index (κ1) is 15.4. The van der Waals surface area contributed by atoms with Crippen molar-refractivity contribution >= 4 is 27.5 Å². The normalized spacial score (nSPS) is 10.9. The number of aryl methyl sites for hydroxylation is 3. The molecule has 3 rings (SSSR count). The van der Waals surface area contributed by atoms with Gasteiger partial charge in [0.15, 0.2) is 0 Å². The molecule has 0 aliphatic heterocycles. The zero-order chi connectivity index (χ0) is 16.6. The van der Waals surface area contributed by atoms with Gasteiger partial charge in [-0.2, -0.15) is 0 Å². The smallest absolute Gasteiger partial charge is 0.354 e. The van der Waals surface area contributed by atoms with Gasteiger partial charge >= 0.3 is 5.97 Å². The lowest BCUT2D eigenvalue weighted by atomic mass is 10.2. The van der Waals surface area contributed by atoms with E-state index >= 15 is 0 Å². The number of ether oxygens (including phenoxy) is 1. The molecule has 0 aliphatic rings. The summed E-state index contributed by atoms with van der Waals surface area (Å²) in [4.78, 5) is 29.8. The van der Waals surface area contributed by atoms with E-state index in [1.54, 1.807) is 26.1 Å². The van der Waals surface area contributed by atoms with Crippen molar-refractivity contribution in [3.05, 3.63) is 57.0 Å². The number of rotatable bonds is 3. The standard InChI is InChI=1S/C17H16N2O3S/c1-4-11-5-7-12(8-6-11)22-17(21)14-10(2)13-15(23-14)18-9-19(3)16(13)20/h5-9H,4H2,1-3H3. The number of thiophene rings is 1. The number of nitrogens with zero attached hydrogens (tertiary/aromatic N) is 2. The lowest BCUT2D eigenvalue weighted by Crippen LogP contribution is -2.17. The molecular weight excluding hydrogens is 312 g/mol. The second-order valence-electron chi connectivity index (χ2n) is 5.28. The molecule has 0 amide bonds. The molecule has 0 spiro atoms. The highest BCUT2D eigenvalue weighted by molar-refractivity contribution is 7.20. The van der Waals surface area contributed by atoms with Crippen LogP contribution in [0.1, 0.15) is 27.7 Å². The Morgan fingerprint density at radius 2 is 2.00 bits per heavy atom. The van der Waals surface area contributed by atoms with E-state index in [1.807, 2.05) is 12.1 Å². The van der Waals surface area contributed by atoms with Gasteiger partial charge < -0.3 is 9.30 Å². The van der Waals surface area contributed by atoms with E-state index in [2.05, 4.69) is 11.9 Å². The van der Waals surface area contributed by atoms with Crippen molar-refractivity contribution in [2.75, 3.05) is 0 Å². The van der Waals surface area contributed by atoms with E-state index in [4.69, 9.17) is 4.74 Å². The fourth-order valence-electron chi connectivity index (χ4n) is 2.35. The topological polar surface area (TPSA) is 61.2 Å². The quantitative estimate of drug-likeness (QED) is 0.547. The molecule has 0 radical (unpaired) electrons. The molecule has 2 aromatic heterocycles. The summed E-state index contributed by atoms with van der Waals surface area (Å²) >= 11 is 1.18. The molecule has 0 atom stereocenters. The fourth-order valence-corrected chi connectivity index (χ4v) is 3.37. The summed E-state index contributed by atoms with van der Waals surface area (Å²) in [6.07, 6.45) is 2.39. The number of esters is 1. The molecule has 118 valence electrons. The Morgan fingerprint density at radius 3 is 2.65 bits per heavy atom. The summed E-state index contributed by atoms with van der Waals surface area (Å²) < 4.78 is 6.82. The van der Waals surface area contributed by atoms with Crippen LogP contribution in [0.4, 0.5) is 0 Å². The van der Waals surface area contributed by atoms with Crippen LogP contribution in [0.25, 0.3) is 10.2 Å². The van der Waals surface area contributed by atoms with Crippen molar-refractivity contribution < 1.29 is 9.53 Å². The number of fused-ring (bicyclic) bond motifs is 1. The van der Waals surface area contributed by atoms with Crippen LogP contribution in [0.2, 0.25) is 0 Å². The van der Waals surface area contributed by atoms with Crippen LogP contribution in [-0.2, 0) is 13.5 Å². The summed E-state index contributed by atoms with van der Waals surface area (Å²) in [6, 6.07) is 7.41. The Hall–Kier alpha value is -2.47. The average molecular weight is 328 g/mol. The van der Waals surface area contributed by atoms with E-state index in [1.165, 1.54) is 27.8 Å². The first-order valence-electron chi connectivity index (χ1n) is 7.27. The largest absolute Gasteiger partial charge is 0.422 e.